The number of alkyl halides is 3. The molecule has 0 fully saturated rings. The molecule has 3 aromatic rings. The molecule has 39 heavy (non-hydrogen) atoms. The van der Waals surface area contributed by atoms with Gasteiger partial charge in [-0.2, -0.15) is 13.2 Å². The van der Waals surface area contributed by atoms with E-state index in [0.717, 1.165) is 43.4 Å². The number of carbonyl (C=O) groups is 2. The zero-order valence-electron chi connectivity index (χ0n) is 21.9. The molecule has 2 unspecified atom stereocenters. The van der Waals surface area contributed by atoms with Crippen LogP contribution in [-0.2, 0) is 19.0 Å². The van der Waals surface area contributed by atoms with Gasteiger partial charge in [-0.1, -0.05) is 62.7 Å². The molecule has 2 atom stereocenters. The zero-order chi connectivity index (χ0) is 28.7. The van der Waals surface area contributed by atoms with Crippen LogP contribution >= 0.6 is 11.6 Å². The number of nitrogens with zero attached hydrogens (tertiary/aromatic N) is 1. The number of carboxylic acids is 1. The molecule has 2 aromatic carbocycles. The first-order valence-corrected chi connectivity index (χ1v) is 13.2. The van der Waals surface area contributed by atoms with Gasteiger partial charge in [-0.05, 0) is 73.4 Å². The van der Waals surface area contributed by atoms with Gasteiger partial charge < -0.3 is 5.11 Å². The molecule has 0 aliphatic carbocycles. The highest BCUT2D eigenvalue weighted by Crippen LogP contribution is 2.37. The molecule has 0 bridgehead atoms. The number of hydrogen-bond donors (Lipinski definition) is 1. The Balaban J connectivity index is 1.81. The van der Waals surface area contributed by atoms with E-state index in [1.54, 1.807) is 30.5 Å². The lowest BCUT2D eigenvalue weighted by atomic mass is 9.82. The van der Waals surface area contributed by atoms with Gasteiger partial charge in [-0.3, -0.25) is 9.78 Å². The third-order valence-electron chi connectivity index (χ3n) is 7.18. The minimum Gasteiger partial charge on any atom is -0.478 e. The number of benzene rings is 2. The highest BCUT2D eigenvalue weighted by Gasteiger charge is 2.37. The molecule has 206 valence electrons. The Bertz CT molecular complexity index is 1340. The number of halogens is 4. The van der Waals surface area contributed by atoms with Gasteiger partial charge in [0.05, 0.1) is 21.7 Å². The van der Waals surface area contributed by atoms with Crippen LogP contribution in [0, 0.1) is 11.8 Å². The highest BCUT2D eigenvalue weighted by molar-refractivity contribution is 6.39. The van der Waals surface area contributed by atoms with E-state index in [1.807, 2.05) is 12.1 Å². The Morgan fingerprint density at radius 3 is 2.38 bits per heavy atom. The number of allylic oxidation sites excluding steroid dienone is 1. The summed E-state index contributed by atoms with van der Waals surface area (Å²) < 4.78 is 41.0. The van der Waals surface area contributed by atoms with Crippen LogP contribution in [0.15, 0.2) is 67.4 Å². The molecule has 8 heteroatoms. The van der Waals surface area contributed by atoms with Gasteiger partial charge in [0.1, 0.15) is 0 Å². The molecule has 0 aliphatic heterocycles. The van der Waals surface area contributed by atoms with Crippen molar-refractivity contribution in [2.75, 3.05) is 0 Å². The average molecular weight is 558 g/mol. The highest BCUT2D eigenvalue weighted by atomic mass is 35.5. The number of rotatable bonds is 12. The van der Waals surface area contributed by atoms with Crippen molar-refractivity contribution < 1.29 is 27.9 Å². The van der Waals surface area contributed by atoms with Crippen LogP contribution in [0.4, 0.5) is 13.2 Å². The van der Waals surface area contributed by atoms with E-state index < -0.39 is 29.1 Å². The summed E-state index contributed by atoms with van der Waals surface area (Å²) in [5.74, 6) is -1.31. The monoisotopic (exact) mass is 557 g/mol. The maximum atomic E-state index is 13.7. The number of pyridine rings is 1. The summed E-state index contributed by atoms with van der Waals surface area (Å²) in [4.78, 5) is 28.9. The number of ketones is 1. The Kier molecular flexibility index (Phi) is 10.1. The van der Waals surface area contributed by atoms with Gasteiger partial charge in [0, 0.05) is 23.0 Å². The number of Topliss-reactive ketones (excluding diaryl/α,β-unsaturated/α-hetero) is 1. The van der Waals surface area contributed by atoms with Crippen molar-refractivity contribution in [2.24, 2.45) is 11.8 Å². The van der Waals surface area contributed by atoms with Gasteiger partial charge in [0.15, 0.2) is 5.78 Å². The van der Waals surface area contributed by atoms with Crippen LogP contribution in [-0.4, -0.2) is 21.8 Å². The molecular formula is C31H31ClF3NO3. The second-order valence-electron chi connectivity index (χ2n) is 9.71. The first-order valence-electron chi connectivity index (χ1n) is 12.8. The number of carboxylic acid groups (broad SMARTS) is 1. The van der Waals surface area contributed by atoms with E-state index >= 15 is 0 Å². The second-order valence-corrected chi connectivity index (χ2v) is 10.1. The van der Waals surface area contributed by atoms with Crippen LogP contribution in [0.1, 0.15) is 76.2 Å². The van der Waals surface area contributed by atoms with Gasteiger partial charge in [0.25, 0.3) is 0 Å². The first-order chi connectivity index (χ1) is 18.4. The molecule has 3 rings (SSSR count). The van der Waals surface area contributed by atoms with Crippen LogP contribution < -0.4 is 0 Å². The van der Waals surface area contributed by atoms with E-state index in [-0.39, 0.29) is 22.1 Å². The van der Waals surface area contributed by atoms with E-state index in [1.165, 1.54) is 6.07 Å². The Morgan fingerprint density at radius 2 is 1.77 bits per heavy atom. The fourth-order valence-electron chi connectivity index (χ4n) is 4.69. The molecule has 0 saturated heterocycles. The molecule has 1 heterocycles. The predicted molar refractivity (Wildman–Crippen MR) is 147 cm³/mol. The van der Waals surface area contributed by atoms with Crippen molar-refractivity contribution in [1.29, 1.82) is 0 Å². The fraction of sp³-hybridized carbons (Fsp3) is 0.323. The largest absolute Gasteiger partial charge is 0.478 e. The third kappa shape index (κ3) is 7.57. The maximum Gasteiger partial charge on any atom is 0.417 e. The summed E-state index contributed by atoms with van der Waals surface area (Å²) in [6, 6.07) is 13.4. The molecule has 0 amide bonds. The fourth-order valence-corrected chi connectivity index (χ4v) is 4.95. The van der Waals surface area contributed by atoms with E-state index in [9.17, 15) is 22.8 Å². The topological polar surface area (TPSA) is 67.3 Å². The lowest BCUT2D eigenvalue weighted by molar-refractivity contribution is -0.137. The molecule has 1 N–H and O–H groups in total. The number of aromatic nitrogens is 1. The van der Waals surface area contributed by atoms with Crippen molar-refractivity contribution in [2.45, 2.75) is 52.1 Å². The molecule has 1 aromatic heterocycles. The molecule has 0 radical (unpaired) electrons. The summed E-state index contributed by atoms with van der Waals surface area (Å²) >= 11 is 6.07. The minimum absolute atomic E-state index is 0.0851. The van der Waals surface area contributed by atoms with Crippen LogP contribution in [0.5, 0.6) is 0 Å². The lowest BCUT2D eigenvalue weighted by Crippen LogP contribution is -2.18. The smallest absolute Gasteiger partial charge is 0.417 e. The van der Waals surface area contributed by atoms with Crippen molar-refractivity contribution in [3.05, 3.63) is 106 Å². The second kappa shape index (κ2) is 13.1. The van der Waals surface area contributed by atoms with Crippen molar-refractivity contribution in [3.8, 4) is 0 Å². The van der Waals surface area contributed by atoms with Crippen molar-refractivity contribution >= 4 is 28.9 Å². The average Bonchev–Trinajstić information content (AvgIpc) is 2.91. The van der Waals surface area contributed by atoms with Gasteiger partial charge in [0.2, 0.25) is 0 Å². The molecular weight excluding hydrogens is 527 g/mol. The normalized spacial score (nSPS) is 13.1. The summed E-state index contributed by atoms with van der Waals surface area (Å²) in [7, 11) is 0. The Labute approximate surface area is 231 Å². The molecule has 0 spiro atoms. The van der Waals surface area contributed by atoms with E-state index in [2.05, 4.69) is 25.4 Å². The predicted octanol–water partition coefficient (Wildman–Crippen LogP) is 8.58. The maximum absolute atomic E-state index is 13.7. The molecule has 0 aliphatic rings. The van der Waals surface area contributed by atoms with Crippen LogP contribution in [0.25, 0.3) is 5.57 Å². The van der Waals surface area contributed by atoms with Gasteiger partial charge in [-0.15, -0.1) is 0 Å². The van der Waals surface area contributed by atoms with Gasteiger partial charge in [-0.25, -0.2) is 4.79 Å². The van der Waals surface area contributed by atoms with E-state index in [0.29, 0.717) is 23.6 Å². The molecule has 4 nitrogen and oxygen atoms in total. The standard InChI is InChI=1S/C31H31ClF3NO3/c1-4-19(2)23(9-5-8-21-13-15-22(16-14-21)30(38)39)18-27-24(10-7-17-36-27)20(3)29(37)28-25(31(33,34)35)11-6-12-26(28)32/h6-7,10-17,19,23H,3-5,8-9,18H2,1-2H3,(H,38,39). The van der Waals surface area contributed by atoms with Crippen LogP contribution in [0.3, 0.4) is 0 Å². The van der Waals surface area contributed by atoms with Crippen LogP contribution in [0.2, 0.25) is 5.02 Å². The summed E-state index contributed by atoms with van der Waals surface area (Å²) in [6.07, 6.45) is 0.805. The number of hydrogen-bond acceptors (Lipinski definition) is 3. The van der Waals surface area contributed by atoms with E-state index in [4.69, 9.17) is 16.7 Å². The first kappa shape index (κ1) is 30.1. The SMILES string of the molecule is C=C(C(=O)c1c(Cl)cccc1C(F)(F)F)c1cccnc1CC(CCCc1ccc(C(=O)O)cc1)C(C)CC. The lowest BCUT2D eigenvalue weighted by Gasteiger charge is -2.24. The Hall–Kier alpha value is -3.45. The third-order valence-corrected chi connectivity index (χ3v) is 7.50. The summed E-state index contributed by atoms with van der Waals surface area (Å²) in [5.41, 5.74) is 0.506. The Morgan fingerprint density at radius 1 is 1.08 bits per heavy atom. The minimum atomic E-state index is -4.75. The summed E-state index contributed by atoms with van der Waals surface area (Å²) in [5, 5.41) is 8.80. The van der Waals surface area contributed by atoms with Crippen molar-refractivity contribution in [1.82, 2.24) is 4.98 Å². The molecule has 0 saturated carbocycles. The number of aromatic carboxylic acids is 1. The van der Waals surface area contributed by atoms with Crippen molar-refractivity contribution in [3.63, 3.8) is 0 Å². The van der Waals surface area contributed by atoms with Gasteiger partial charge >= 0.3 is 12.1 Å². The number of aryl methyl sites for hydroxylation is 1. The zero-order valence-corrected chi connectivity index (χ0v) is 22.6. The number of carbonyl (C=O) groups excluding carboxylic acids is 1. The quantitative estimate of drug-likeness (QED) is 0.179. The summed E-state index contributed by atoms with van der Waals surface area (Å²) in [6.45, 7) is 8.11.